The first-order valence-corrected chi connectivity index (χ1v) is 5.49. The lowest BCUT2D eigenvalue weighted by molar-refractivity contribution is -0.542. The Balaban J connectivity index is 2.75. The van der Waals surface area contributed by atoms with E-state index in [-0.39, 0.29) is 18.1 Å². The largest absolute Gasteiger partial charge is 0.459 e. The van der Waals surface area contributed by atoms with Gasteiger partial charge < -0.3 is 4.74 Å². The maximum Gasteiger partial charge on any atom is 0.302 e. The van der Waals surface area contributed by atoms with Crippen molar-refractivity contribution >= 4 is 12.2 Å². The van der Waals surface area contributed by atoms with Crippen molar-refractivity contribution in [2.45, 2.75) is 26.3 Å². The maximum atomic E-state index is 13.3. The second-order valence-corrected chi connectivity index (χ2v) is 4.62. The molecule has 0 saturated heterocycles. The standard InChI is InChI=1S/C13H15F2NO2/c1-9(17)18-8-13(2,3)16-7-10-4-5-11(14)6-12(10)15/h4-7H,8H2,1-3H3/p+1. The molecule has 0 spiro atoms. The summed E-state index contributed by atoms with van der Waals surface area (Å²) in [4.78, 5) is 13.6. The van der Waals surface area contributed by atoms with Crippen LogP contribution < -0.4 is 4.99 Å². The molecule has 0 unspecified atom stereocenters. The highest BCUT2D eigenvalue weighted by molar-refractivity contribution is 5.75. The minimum Gasteiger partial charge on any atom is -0.459 e. The molecule has 98 valence electrons. The molecule has 1 aromatic carbocycles. The normalized spacial score (nSPS) is 11.8. The van der Waals surface area contributed by atoms with E-state index in [2.05, 4.69) is 4.99 Å². The maximum absolute atomic E-state index is 13.3. The van der Waals surface area contributed by atoms with Gasteiger partial charge in [0.25, 0.3) is 0 Å². The number of halogens is 2. The van der Waals surface area contributed by atoms with E-state index in [1.165, 1.54) is 25.3 Å². The molecular formula is C13H16F2NO2+. The molecule has 5 heteroatoms. The molecule has 3 nitrogen and oxygen atoms in total. The van der Waals surface area contributed by atoms with Gasteiger partial charge in [0.05, 0.1) is 5.56 Å². The van der Waals surface area contributed by atoms with Crippen LogP contribution in [0.3, 0.4) is 0 Å². The molecule has 0 atom stereocenters. The molecule has 18 heavy (non-hydrogen) atoms. The Morgan fingerprint density at radius 2 is 2.11 bits per heavy atom. The Morgan fingerprint density at radius 3 is 2.67 bits per heavy atom. The molecule has 0 aliphatic carbocycles. The van der Waals surface area contributed by atoms with Gasteiger partial charge in [-0.3, -0.25) is 4.79 Å². The van der Waals surface area contributed by atoms with Crippen LogP contribution >= 0.6 is 0 Å². The van der Waals surface area contributed by atoms with Crippen molar-refractivity contribution in [3.8, 4) is 0 Å². The number of carbonyl (C=O) groups is 1. The van der Waals surface area contributed by atoms with Crippen LogP contribution in [-0.2, 0) is 9.53 Å². The van der Waals surface area contributed by atoms with Crippen LogP contribution in [0.15, 0.2) is 18.2 Å². The molecular weight excluding hydrogens is 240 g/mol. The van der Waals surface area contributed by atoms with Crippen LogP contribution in [0.5, 0.6) is 0 Å². The molecule has 0 fully saturated rings. The van der Waals surface area contributed by atoms with Gasteiger partial charge in [0.2, 0.25) is 0 Å². The zero-order chi connectivity index (χ0) is 13.8. The molecule has 0 radical (unpaired) electrons. The predicted molar refractivity (Wildman–Crippen MR) is 63.2 cm³/mol. The topological polar surface area (TPSA) is 40.3 Å². The van der Waals surface area contributed by atoms with Crippen LogP contribution in [0.4, 0.5) is 8.78 Å². The number of nitrogens with one attached hydrogen (secondary N) is 1. The number of esters is 1. The van der Waals surface area contributed by atoms with Crippen molar-refractivity contribution in [1.82, 2.24) is 0 Å². The van der Waals surface area contributed by atoms with Crippen molar-refractivity contribution in [2.24, 2.45) is 0 Å². The van der Waals surface area contributed by atoms with E-state index in [1.807, 2.05) is 0 Å². The molecule has 1 N–H and O–H groups in total. The third kappa shape index (κ3) is 4.61. The lowest BCUT2D eigenvalue weighted by atomic mass is 10.1. The van der Waals surface area contributed by atoms with Crippen LogP contribution in [0.2, 0.25) is 0 Å². The zero-order valence-corrected chi connectivity index (χ0v) is 10.6. The van der Waals surface area contributed by atoms with Gasteiger partial charge in [-0.05, 0) is 12.1 Å². The SMILES string of the molecule is CC(=O)OCC(C)(C)[NH+]=Cc1ccc(F)cc1F. The average molecular weight is 256 g/mol. The fourth-order valence-corrected chi connectivity index (χ4v) is 1.22. The highest BCUT2D eigenvalue weighted by Crippen LogP contribution is 2.06. The quantitative estimate of drug-likeness (QED) is 0.639. The molecule has 0 amide bonds. The van der Waals surface area contributed by atoms with E-state index < -0.39 is 17.2 Å². The van der Waals surface area contributed by atoms with E-state index in [9.17, 15) is 13.6 Å². The summed E-state index contributed by atoms with van der Waals surface area (Å²) in [6.07, 6.45) is 1.43. The van der Waals surface area contributed by atoms with Gasteiger partial charge in [-0.25, -0.2) is 13.8 Å². The second-order valence-electron chi connectivity index (χ2n) is 4.62. The number of rotatable bonds is 4. The predicted octanol–water partition coefficient (Wildman–Crippen LogP) is 0.806. The van der Waals surface area contributed by atoms with Gasteiger partial charge in [0.1, 0.15) is 11.6 Å². The number of hydrogen-bond acceptors (Lipinski definition) is 2. The summed E-state index contributed by atoms with van der Waals surface area (Å²) < 4.78 is 30.9. The first-order chi connectivity index (χ1) is 8.30. The fraction of sp³-hybridized carbons (Fsp3) is 0.385. The van der Waals surface area contributed by atoms with Crippen molar-refractivity contribution in [1.29, 1.82) is 0 Å². The third-order valence-corrected chi connectivity index (χ3v) is 2.22. The Bertz CT molecular complexity index is 470. The van der Waals surface area contributed by atoms with E-state index in [0.717, 1.165) is 6.07 Å². The van der Waals surface area contributed by atoms with Crippen LogP contribution in [0.1, 0.15) is 26.3 Å². The Kier molecular flexibility index (Phi) is 4.53. The summed E-state index contributed by atoms with van der Waals surface area (Å²) >= 11 is 0. The highest BCUT2D eigenvalue weighted by Gasteiger charge is 2.23. The summed E-state index contributed by atoms with van der Waals surface area (Å²) in [7, 11) is 0. The van der Waals surface area contributed by atoms with Gasteiger partial charge in [-0.2, -0.15) is 0 Å². The molecule has 0 aromatic heterocycles. The van der Waals surface area contributed by atoms with Gasteiger partial charge >= 0.3 is 5.97 Å². The van der Waals surface area contributed by atoms with Gasteiger partial charge in [-0.15, -0.1) is 0 Å². The first-order valence-electron chi connectivity index (χ1n) is 5.49. The summed E-state index contributed by atoms with van der Waals surface area (Å²) in [5.41, 5.74) is -0.292. The van der Waals surface area contributed by atoms with Crippen molar-refractivity contribution < 1.29 is 23.3 Å². The second kappa shape index (κ2) is 5.71. The minimum absolute atomic E-state index is 0.154. The van der Waals surface area contributed by atoms with Crippen LogP contribution in [0.25, 0.3) is 0 Å². The molecule has 0 heterocycles. The number of ether oxygens (including phenoxy) is 1. The summed E-state index contributed by atoms with van der Waals surface area (Å²) in [6.45, 7) is 5.07. The number of benzene rings is 1. The average Bonchev–Trinajstić information content (AvgIpc) is 2.25. The monoisotopic (exact) mass is 256 g/mol. The first kappa shape index (κ1) is 14.3. The lowest BCUT2D eigenvalue weighted by Gasteiger charge is -2.13. The van der Waals surface area contributed by atoms with E-state index in [0.29, 0.717) is 0 Å². The lowest BCUT2D eigenvalue weighted by Crippen LogP contribution is -2.84. The van der Waals surface area contributed by atoms with Gasteiger partial charge in [0, 0.05) is 26.8 Å². The van der Waals surface area contributed by atoms with Crippen molar-refractivity contribution in [3.05, 3.63) is 35.4 Å². The summed E-state index contributed by atoms with van der Waals surface area (Å²) in [5.74, 6) is -1.65. The molecule has 0 aliphatic rings. The Hall–Kier alpha value is -1.78. The van der Waals surface area contributed by atoms with Crippen LogP contribution in [-0.4, -0.2) is 24.3 Å². The molecule has 0 bridgehead atoms. The minimum atomic E-state index is -0.647. The zero-order valence-electron chi connectivity index (χ0n) is 10.6. The number of carbonyl (C=O) groups excluding carboxylic acids is 1. The molecule has 1 aromatic rings. The smallest absolute Gasteiger partial charge is 0.302 e. The summed E-state index contributed by atoms with van der Waals surface area (Å²) in [6, 6.07) is 3.32. The van der Waals surface area contributed by atoms with E-state index >= 15 is 0 Å². The third-order valence-electron chi connectivity index (χ3n) is 2.22. The molecule has 1 rings (SSSR count). The summed E-state index contributed by atoms with van der Waals surface area (Å²) in [5, 5.41) is 0. The van der Waals surface area contributed by atoms with E-state index in [1.54, 1.807) is 13.8 Å². The van der Waals surface area contributed by atoms with E-state index in [4.69, 9.17) is 4.74 Å². The number of hydrogen-bond donors (Lipinski definition) is 1. The molecule has 0 saturated carbocycles. The molecule has 0 aliphatic heterocycles. The Morgan fingerprint density at radius 1 is 1.44 bits per heavy atom. The highest BCUT2D eigenvalue weighted by atomic mass is 19.1. The van der Waals surface area contributed by atoms with Crippen molar-refractivity contribution in [3.63, 3.8) is 0 Å². The van der Waals surface area contributed by atoms with Gasteiger partial charge in [0.15, 0.2) is 18.4 Å². The van der Waals surface area contributed by atoms with Crippen LogP contribution in [0, 0.1) is 11.6 Å². The Labute approximate surface area is 104 Å². The van der Waals surface area contributed by atoms with Gasteiger partial charge in [-0.1, -0.05) is 0 Å². The fourth-order valence-electron chi connectivity index (χ4n) is 1.22. The van der Waals surface area contributed by atoms with Crippen molar-refractivity contribution in [2.75, 3.05) is 6.61 Å².